The van der Waals surface area contributed by atoms with Crippen molar-refractivity contribution in [1.29, 1.82) is 0 Å². The predicted molar refractivity (Wildman–Crippen MR) is 87.3 cm³/mol. The average Bonchev–Trinajstić information content (AvgIpc) is 2.97. The minimum Gasteiger partial charge on any atom is -0.497 e. The lowest BCUT2D eigenvalue weighted by Gasteiger charge is -2.06. The molecule has 1 aliphatic heterocycles. The van der Waals surface area contributed by atoms with E-state index in [-0.39, 0.29) is 10.6 Å². The van der Waals surface area contributed by atoms with Gasteiger partial charge in [-0.2, -0.15) is 0 Å². The van der Waals surface area contributed by atoms with Crippen molar-refractivity contribution in [2.75, 3.05) is 13.0 Å². The SMILES string of the molecule is COc1ccc2ccc(S(=O)(=O)C/N=C3\C=CNC3=O)cc2c1. The van der Waals surface area contributed by atoms with E-state index in [9.17, 15) is 13.2 Å². The first-order valence-electron chi connectivity index (χ1n) is 6.82. The van der Waals surface area contributed by atoms with Crippen molar-refractivity contribution in [3.63, 3.8) is 0 Å². The highest BCUT2D eigenvalue weighted by atomic mass is 32.2. The summed E-state index contributed by atoms with van der Waals surface area (Å²) in [6.45, 7) is 0. The second-order valence-corrected chi connectivity index (χ2v) is 6.93. The van der Waals surface area contributed by atoms with Crippen LogP contribution in [0.1, 0.15) is 0 Å². The number of nitrogens with one attached hydrogen (secondary N) is 1. The number of hydrogen-bond acceptors (Lipinski definition) is 5. The van der Waals surface area contributed by atoms with Crippen LogP contribution in [0.5, 0.6) is 5.75 Å². The molecule has 3 rings (SSSR count). The third kappa shape index (κ3) is 3.09. The molecule has 7 heteroatoms. The third-order valence-electron chi connectivity index (χ3n) is 3.47. The fourth-order valence-corrected chi connectivity index (χ4v) is 3.26. The van der Waals surface area contributed by atoms with Crippen LogP contribution in [0.15, 0.2) is 58.6 Å². The number of nitrogens with zero attached hydrogens (tertiary/aromatic N) is 1. The standard InChI is InChI=1S/C16H14N2O4S/c1-22-13-4-2-11-3-5-14(9-12(11)8-13)23(20,21)10-18-15-6-7-17-16(15)19/h2-9H,10H2,1H3,(H,17,18,19). The zero-order valence-electron chi connectivity index (χ0n) is 12.3. The first kappa shape index (κ1) is 15.2. The highest BCUT2D eigenvalue weighted by Gasteiger charge is 2.17. The number of sulfone groups is 1. The van der Waals surface area contributed by atoms with E-state index in [1.165, 1.54) is 18.3 Å². The van der Waals surface area contributed by atoms with Crippen molar-refractivity contribution in [2.24, 2.45) is 4.99 Å². The van der Waals surface area contributed by atoms with Crippen LogP contribution in [-0.2, 0) is 14.6 Å². The Kier molecular flexibility index (Phi) is 3.87. The van der Waals surface area contributed by atoms with E-state index in [4.69, 9.17) is 4.74 Å². The van der Waals surface area contributed by atoms with Gasteiger partial charge in [-0.15, -0.1) is 0 Å². The molecule has 0 bridgehead atoms. The van der Waals surface area contributed by atoms with Crippen LogP contribution in [0.2, 0.25) is 0 Å². The van der Waals surface area contributed by atoms with Gasteiger partial charge in [0.05, 0.1) is 12.0 Å². The summed E-state index contributed by atoms with van der Waals surface area (Å²) in [4.78, 5) is 15.4. The second-order valence-electron chi connectivity index (χ2n) is 4.97. The summed E-state index contributed by atoms with van der Waals surface area (Å²) >= 11 is 0. The van der Waals surface area contributed by atoms with Gasteiger partial charge in [0, 0.05) is 6.20 Å². The van der Waals surface area contributed by atoms with Crippen molar-refractivity contribution >= 4 is 32.2 Å². The van der Waals surface area contributed by atoms with E-state index in [1.807, 2.05) is 12.1 Å². The summed E-state index contributed by atoms with van der Waals surface area (Å²) in [6.07, 6.45) is 2.87. The van der Waals surface area contributed by atoms with Gasteiger partial charge in [-0.25, -0.2) is 8.42 Å². The Morgan fingerprint density at radius 1 is 1.13 bits per heavy atom. The smallest absolute Gasteiger partial charge is 0.273 e. The number of methoxy groups -OCH3 is 1. The molecule has 6 nitrogen and oxygen atoms in total. The maximum atomic E-state index is 12.4. The molecular formula is C16H14N2O4S. The van der Waals surface area contributed by atoms with Gasteiger partial charge >= 0.3 is 0 Å². The zero-order valence-corrected chi connectivity index (χ0v) is 13.1. The van der Waals surface area contributed by atoms with Crippen molar-refractivity contribution in [3.05, 3.63) is 48.7 Å². The van der Waals surface area contributed by atoms with E-state index >= 15 is 0 Å². The summed E-state index contributed by atoms with van der Waals surface area (Å²) < 4.78 is 30.0. The Balaban J connectivity index is 1.94. The normalized spacial score (nSPS) is 16.0. The quantitative estimate of drug-likeness (QED) is 0.924. The third-order valence-corrected chi connectivity index (χ3v) is 4.91. The molecule has 0 radical (unpaired) electrons. The molecule has 23 heavy (non-hydrogen) atoms. The lowest BCUT2D eigenvalue weighted by atomic mass is 10.1. The predicted octanol–water partition coefficient (Wildman–Crippen LogP) is 1.66. The number of amides is 1. The Hall–Kier alpha value is -2.67. The van der Waals surface area contributed by atoms with Crippen LogP contribution < -0.4 is 10.1 Å². The summed E-state index contributed by atoms with van der Waals surface area (Å²) in [6, 6.07) is 10.3. The minimum atomic E-state index is -3.62. The Morgan fingerprint density at radius 3 is 2.61 bits per heavy atom. The number of carbonyl (C=O) groups excluding carboxylic acids is 1. The Bertz CT molecular complexity index is 946. The monoisotopic (exact) mass is 330 g/mol. The molecule has 0 spiro atoms. The number of benzene rings is 2. The van der Waals surface area contributed by atoms with Crippen LogP contribution >= 0.6 is 0 Å². The molecule has 0 atom stereocenters. The molecule has 1 aliphatic rings. The topological polar surface area (TPSA) is 84.8 Å². The van der Waals surface area contributed by atoms with Gasteiger partial charge in [0.15, 0.2) is 9.84 Å². The zero-order chi connectivity index (χ0) is 16.4. The van der Waals surface area contributed by atoms with Gasteiger partial charge in [0.1, 0.15) is 17.3 Å². The van der Waals surface area contributed by atoms with Crippen molar-refractivity contribution in [1.82, 2.24) is 5.32 Å². The average molecular weight is 330 g/mol. The molecule has 0 saturated heterocycles. The van der Waals surface area contributed by atoms with Crippen LogP contribution in [0.25, 0.3) is 10.8 Å². The van der Waals surface area contributed by atoms with Crippen molar-refractivity contribution < 1.29 is 17.9 Å². The molecule has 1 amide bonds. The van der Waals surface area contributed by atoms with Gasteiger partial charge in [-0.05, 0) is 41.1 Å². The molecule has 1 N–H and O–H groups in total. The maximum absolute atomic E-state index is 12.4. The maximum Gasteiger partial charge on any atom is 0.273 e. The number of carbonyl (C=O) groups is 1. The van der Waals surface area contributed by atoms with Crippen LogP contribution in [0.3, 0.4) is 0 Å². The van der Waals surface area contributed by atoms with E-state index in [0.717, 1.165) is 10.8 Å². The highest BCUT2D eigenvalue weighted by Crippen LogP contribution is 2.24. The lowest BCUT2D eigenvalue weighted by Crippen LogP contribution is -2.19. The van der Waals surface area contributed by atoms with Crippen LogP contribution in [-0.4, -0.2) is 33.0 Å². The number of fused-ring (bicyclic) bond motifs is 1. The summed E-state index contributed by atoms with van der Waals surface area (Å²) in [5.74, 6) is -0.223. The molecule has 0 unspecified atom stereocenters. The fourth-order valence-electron chi connectivity index (χ4n) is 2.22. The van der Waals surface area contributed by atoms with Crippen LogP contribution in [0.4, 0.5) is 0 Å². The molecule has 0 saturated carbocycles. The lowest BCUT2D eigenvalue weighted by molar-refractivity contribution is -0.113. The molecule has 0 aromatic heterocycles. The van der Waals surface area contributed by atoms with E-state index in [0.29, 0.717) is 5.75 Å². The molecule has 0 aliphatic carbocycles. The number of aliphatic imine (C=N–C) groups is 1. The van der Waals surface area contributed by atoms with Gasteiger partial charge in [-0.1, -0.05) is 12.1 Å². The Morgan fingerprint density at radius 2 is 1.91 bits per heavy atom. The van der Waals surface area contributed by atoms with E-state index < -0.39 is 21.6 Å². The molecule has 118 valence electrons. The van der Waals surface area contributed by atoms with Gasteiger partial charge in [-0.3, -0.25) is 9.79 Å². The summed E-state index contributed by atoms with van der Waals surface area (Å²) in [5.41, 5.74) is 0.107. The molecule has 0 fully saturated rings. The Labute approximate surface area is 133 Å². The van der Waals surface area contributed by atoms with Gasteiger partial charge < -0.3 is 10.1 Å². The van der Waals surface area contributed by atoms with Gasteiger partial charge in [0.2, 0.25) is 0 Å². The molecule has 1 heterocycles. The molecular weight excluding hydrogens is 316 g/mol. The second kappa shape index (κ2) is 5.85. The van der Waals surface area contributed by atoms with Gasteiger partial charge in [0.25, 0.3) is 5.91 Å². The summed E-state index contributed by atoms with van der Waals surface area (Å²) in [5, 5.41) is 4.10. The summed E-state index contributed by atoms with van der Waals surface area (Å²) in [7, 11) is -2.07. The number of hydrogen-bond donors (Lipinski definition) is 1. The van der Waals surface area contributed by atoms with Crippen molar-refractivity contribution in [2.45, 2.75) is 4.90 Å². The number of rotatable bonds is 4. The van der Waals surface area contributed by atoms with Crippen LogP contribution in [0, 0.1) is 0 Å². The highest BCUT2D eigenvalue weighted by molar-refractivity contribution is 7.91. The first-order valence-corrected chi connectivity index (χ1v) is 8.47. The van der Waals surface area contributed by atoms with E-state index in [1.54, 1.807) is 25.3 Å². The van der Waals surface area contributed by atoms with E-state index in [2.05, 4.69) is 10.3 Å². The molecule has 2 aromatic rings. The fraction of sp³-hybridized carbons (Fsp3) is 0.125. The number of ether oxygens (including phenoxy) is 1. The van der Waals surface area contributed by atoms with Crippen molar-refractivity contribution in [3.8, 4) is 5.75 Å². The minimum absolute atomic E-state index is 0.107. The molecule has 2 aromatic carbocycles. The largest absolute Gasteiger partial charge is 0.497 e. The first-order chi connectivity index (χ1) is 11.0.